The Kier molecular flexibility index (Phi) is 5.24. The molecule has 1 N–H and O–H groups in total. The number of ether oxygens (including phenoxy) is 1. The number of rotatable bonds is 6. The van der Waals surface area contributed by atoms with Crippen molar-refractivity contribution in [1.82, 2.24) is 4.72 Å². The van der Waals surface area contributed by atoms with Crippen LogP contribution in [-0.4, -0.2) is 34.5 Å². The third-order valence-electron chi connectivity index (χ3n) is 4.28. The molecule has 1 fully saturated rings. The molecule has 0 bridgehead atoms. The monoisotopic (exact) mass is 378 g/mol. The molecule has 0 aromatic heterocycles. The summed E-state index contributed by atoms with van der Waals surface area (Å²) in [5, 5.41) is 0. The SMILES string of the molecule is COc1ccc(S(=O)(=O)NCC2CC(=O)N(c3ccc(F)cc3)C2)cc1. The summed E-state index contributed by atoms with van der Waals surface area (Å²) < 4.78 is 45.3. The van der Waals surface area contributed by atoms with E-state index < -0.39 is 10.0 Å². The number of carbonyl (C=O) groups excluding carboxylic acids is 1. The first kappa shape index (κ1) is 18.3. The van der Waals surface area contributed by atoms with Crippen LogP contribution in [0.2, 0.25) is 0 Å². The number of methoxy groups -OCH3 is 1. The lowest BCUT2D eigenvalue weighted by molar-refractivity contribution is -0.117. The van der Waals surface area contributed by atoms with E-state index in [1.165, 1.54) is 43.5 Å². The zero-order chi connectivity index (χ0) is 18.7. The maximum Gasteiger partial charge on any atom is 0.240 e. The van der Waals surface area contributed by atoms with Gasteiger partial charge in [-0.3, -0.25) is 4.79 Å². The van der Waals surface area contributed by atoms with E-state index in [0.717, 1.165) is 0 Å². The second-order valence-corrected chi connectivity index (χ2v) is 7.85. The normalized spacial score (nSPS) is 17.5. The number of benzene rings is 2. The van der Waals surface area contributed by atoms with Crippen LogP contribution >= 0.6 is 0 Å². The van der Waals surface area contributed by atoms with Gasteiger partial charge in [0.15, 0.2) is 0 Å². The highest BCUT2D eigenvalue weighted by Gasteiger charge is 2.31. The van der Waals surface area contributed by atoms with Gasteiger partial charge < -0.3 is 9.64 Å². The smallest absolute Gasteiger partial charge is 0.240 e. The fraction of sp³-hybridized carbons (Fsp3) is 0.278. The minimum atomic E-state index is -3.66. The molecule has 8 heteroatoms. The Morgan fingerprint density at radius 3 is 2.42 bits per heavy atom. The number of sulfonamides is 1. The number of nitrogens with zero attached hydrogens (tertiary/aromatic N) is 1. The molecule has 1 atom stereocenters. The van der Waals surface area contributed by atoms with Crippen molar-refractivity contribution in [2.45, 2.75) is 11.3 Å². The molecule has 1 saturated heterocycles. The van der Waals surface area contributed by atoms with Gasteiger partial charge in [0.25, 0.3) is 0 Å². The van der Waals surface area contributed by atoms with Crippen molar-refractivity contribution in [2.24, 2.45) is 5.92 Å². The van der Waals surface area contributed by atoms with E-state index in [2.05, 4.69) is 4.72 Å². The van der Waals surface area contributed by atoms with E-state index in [1.807, 2.05) is 0 Å². The Balaban J connectivity index is 1.62. The molecule has 1 aliphatic rings. The number of anilines is 1. The molecular weight excluding hydrogens is 359 g/mol. The van der Waals surface area contributed by atoms with Crippen molar-refractivity contribution in [3.8, 4) is 5.75 Å². The van der Waals surface area contributed by atoms with E-state index in [4.69, 9.17) is 4.74 Å². The van der Waals surface area contributed by atoms with Crippen LogP contribution in [0.25, 0.3) is 0 Å². The van der Waals surface area contributed by atoms with Crippen LogP contribution in [0.3, 0.4) is 0 Å². The molecule has 1 amide bonds. The van der Waals surface area contributed by atoms with Crippen LogP contribution in [0.5, 0.6) is 5.75 Å². The highest BCUT2D eigenvalue weighted by atomic mass is 32.2. The molecule has 0 spiro atoms. The molecule has 3 rings (SSSR count). The van der Waals surface area contributed by atoms with E-state index in [-0.39, 0.29) is 35.5 Å². The summed E-state index contributed by atoms with van der Waals surface area (Å²) in [6.45, 7) is 0.535. The quantitative estimate of drug-likeness (QED) is 0.836. The lowest BCUT2D eigenvalue weighted by Crippen LogP contribution is -2.31. The first-order valence-corrected chi connectivity index (χ1v) is 9.57. The van der Waals surface area contributed by atoms with Crippen LogP contribution < -0.4 is 14.4 Å². The fourth-order valence-electron chi connectivity index (χ4n) is 2.85. The van der Waals surface area contributed by atoms with Gasteiger partial charge in [0.2, 0.25) is 15.9 Å². The molecule has 138 valence electrons. The van der Waals surface area contributed by atoms with Gasteiger partial charge in [0, 0.05) is 25.2 Å². The van der Waals surface area contributed by atoms with Crippen LogP contribution in [0.15, 0.2) is 53.4 Å². The van der Waals surface area contributed by atoms with Crippen molar-refractivity contribution in [2.75, 3.05) is 25.1 Å². The standard InChI is InChI=1S/C18H19FN2O4S/c1-25-16-6-8-17(9-7-16)26(23,24)20-11-13-10-18(22)21(12-13)15-4-2-14(19)3-5-15/h2-9,13,20H,10-12H2,1H3. The summed E-state index contributed by atoms with van der Waals surface area (Å²) in [5.41, 5.74) is 0.608. The average molecular weight is 378 g/mol. The lowest BCUT2D eigenvalue weighted by atomic mass is 10.1. The zero-order valence-corrected chi connectivity index (χ0v) is 15.0. The molecule has 1 unspecified atom stereocenters. The molecule has 26 heavy (non-hydrogen) atoms. The lowest BCUT2D eigenvalue weighted by Gasteiger charge is -2.17. The van der Waals surface area contributed by atoms with Crippen LogP contribution in [-0.2, 0) is 14.8 Å². The first-order chi connectivity index (χ1) is 12.4. The Hall–Kier alpha value is -2.45. The summed E-state index contributed by atoms with van der Waals surface area (Å²) in [5.74, 6) is -0.0599. The molecule has 1 heterocycles. The highest BCUT2D eigenvalue weighted by Crippen LogP contribution is 2.25. The number of carbonyl (C=O) groups is 1. The van der Waals surface area contributed by atoms with E-state index >= 15 is 0 Å². The van der Waals surface area contributed by atoms with Crippen molar-refractivity contribution in [3.63, 3.8) is 0 Å². The zero-order valence-electron chi connectivity index (χ0n) is 14.2. The maximum absolute atomic E-state index is 13.0. The summed E-state index contributed by atoms with van der Waals surface area (Å²) in [4.78, 5) is 13.9. The minimum absolute atomic E-state index is 0.106. The van der Waals surface area contributed by atoms with Crippen LogP contribution in [0.1, 0.15) is 6.42 Å². The van der Waals surface area contributed by atoms with Crippen LogP contribution in [0.4, 0.5) is 10.1 Å². The number of hydrogen-bond donors (Lipinski definition) is 1. The van der Waals surface area contributed by atoms with Gasteiger partial charge in [-0.15, -0.1) is 0 Å². The first-order valence-electron chi connectivity index (χ1n) is 8.09. The van der Waals surface area contributed by atoms with Gasteiger partial charge in [-0.2, -0.15) is 0 Å². The molecule has 0 radical (unpaired) electrons. The average Bonchev–Trinajstić information content (AvgIpc) is 3.02. The molecule has 2 aromatic rings. The van der Waals surface area contributed by atoms with Gasteiger partial charge in [-0.25, -0.2) is 17.5 Å². The Bertz CT molecular complexity index is 882. The van der Waals surface area contributed by atoms with E-state index in [1.54, 1.807) is 17.0 Å². The molecule has 0 saturated carbocycles. The van der Waals surface area contributed by atoms with Gasteiger partial charge in [-0.05, 0) is 54.4 Å². The second-order valence-electron chi connectivity index (χ2n) is 6.08. The minimum Gasteiger partial charge on any atom is -0.497 e. The third kappa shape index (κ3) is 4.03. The Morgan fingerprint density at radius 2 is 1.81 bits per heavy atom. The highest BCUT2D eigenvalue weighted by molar-refractivity contribution is 7.89. The van der Waals surface area contributed by atoms with Crippen molar-refractivity contribution in [3.05, 3.63) is 54.3 Å². The summed E-state index contributed by atoms with van der Waals surface area (Å²) in [6, 6.07) is 11.7. The summed E-state index contributed by atoms with van der Waals surface area (Å²) in [7, 11) is -2.16. The van der Waals surface area contributed by atoms with Crippen molar-refractivity contribution < 1.29 is 22.3 Å². The van der Waals surface area contributed by atoms with Gasteiger partial charge in [-0.1, -0.05) is 0 Å². The predicted octanol–water partition coefficient (Wildman–Crippen LogP) is 2.17. The third-order valence-corrected chi connectivity index (χ3v) is 5.71. The molecular formula is C18H19FN2O4S. The van der Waals surface area contributed by atoms with Gasteiger partial charge in [0.05, 0.1) is 12.0 Å². The Labute approximate surface area is 151 Å². The molecule has 2 aromatic carbocycles. The summed E-state index contributed by atoms with van der Waals surface area (Å²) >= 11 is 0. The van der Waals surface area contributed by atoms with Gasteiger partial charge >= 0.3 is 0 Å². The molecule has 1 aliphatic heterocycles. The number of amides is 1. The predicted molar refractivity (Wildman–Crippen MR) is 95.0 cm³/mol. The number of nitrogens with one attached hydrogen (secondary N) is 1. The fourth-order valence-corrected chi connectivity index (χ4v) is 3.97. The van der Waals surface area contributed by atoms with E-state index in [0.29, 0.717) is 18.0 Å². The molecule has 6 nitrogen and oxygen atoms in total. The topological polar surface area (TPSA) is 75.7 Å². The van der Waals surface area contributed by atoms with Crippen LogP contribution in [0, 0.1) is 11.7 Å². The van der Waals surface area contributed by atoms with Crippen molar-refractivity contribution in [1.29, 1.82) is 0 Å². The largest absolute Gasteiger partial charge is 0.497 e. The second kappa shape index (κ2) is 7.43. The Morgan fingerprint density at radius 1 is 1.15 bits per heavy atom. The summed E-state index contributed by atoms with van der Waals surface area (Å²) in [6.07, 6.45) is 0.239. The maximum atomic E-state index is 13.0. The number of hydrogen-bond acceptors (Lipinski definition) is 4. The number of halogens is 1. The van der Waals surface area contributed by atoms with Crippen molar-refractivity contribution >= 4 is 21.6 Å². The molecule has 0 aliphatic carbocycles. The van der Waals surface area contributed by atoms with Gasteiger partial charge in [0.1, 0.15) is 11.6 Å². The van der Waals surface area contributed by atoms with E-state index in [9.17, 15) is 17.6 Å².